The summed E-state index contributed by atoms with van der Waals surface area (Å²) in [7, 11) is -3.72. The largest absolute Gasteiger partial charge is 0.343 e. The van der Waals surface area contributed by atoms with Crippen LogP contribution in [0.2, 0.25) is 0 Å². The number of carbonyl (C=O) groups is 2. The summed E-state index contributed by atoms with van der Waals surface area (Å²) in [5.41, 5.74) is 2.52. The molecular weight excluding hydrogens is 436 g/mol. The molecule has 33 heavy (non-hydrogen) atoms. The molecule has 0 saturated heterocycles. The Kier molecular flexibility index (Phi) is 6.44. The molecule has 1 fully saturated rings. The molecule has 1 saturated carbocycles. The molecule has 4 rings (SSSR count). The zero-order valence-corrected chi connectivity index (χ0v) is 19.2. The second-order valence-electron chi connectivity index (χ2n) is 8.36. The lowest BCUT2D eigenvalue weighted by molar-refractivity contribution is 0.0823. The van der Waals surface area contributed by atoms with E-state index in [4.69, 9.17) is 0 Å². The lowest BCUT2D eigenvalue weighted by Gasteiger charge is -2.43. The van der Waals surface area contributed by atoms with Crippen LogP contribution in [0.5, 0.6) is 0 Å². The van der Waals surface area contributed by atoms with Gasteiger partial charge in [-0.1, -0.05) is 54.6 Å². The van der Waals surface area contributed by atoms with E-state index in [9.17, 15) is 18.0 Å². The quantitative estimate of drug-likeness (QED) is 0.491. The average Bonchev–Trinajstić information content (AvgIpc) is 2.81. The van der Waals surface area contributed by atoms with Gasteiger partial charge < -0.3 is 5.32 Å². The van der Waals surface area contributed by atoms with Crippen molar-refractivity contribution in [3.8, 4) is 0 Å². The first-order valence-corrected chi connectivity index (χ1v) is 12.4. The van der Waals surface area contributed by atoms with E-state index in [0.717, 1.165) is 30.4 Å². The molecule has 0 spiro atoms. The summed E-state index contributed by atoms with van der Waals surface area (Å²) in [6.07, 6.45) is 2.90. The first kappa shape index (κ1) is 22.9. The van der Waals surface area contributed by atoms with Gasteiger partial charge >= 0.3 is 0 Å². The van der Waals surface area contributed by atoms with Crippen molar-refractivity contribution in [2.75, 3.05) is 0 Å². The number of Topliss-reactive ketones (excluding diaryl/α,β-unsaturated/α-hetero) is 1. The first-order valence-electron chi connectivity index (χ1n) is 10.9. The average molecular weight is 463 g/mol. The Morgan fingerprint density at radius 1 is 0.848 bits per heavy atom. The van der Waals surface area contributed by atoms with Crippen molar-refractivity contribution in [1.29, 1.82) is 0 Å². The van der Waals surface area contributed by atoms with Crippen LogP contribution in [0, 0.1) is 0 Å². The van der Waals surface area contributed by atoms with Crippen LogP contribution in [0.3, 0.4) is 0 Å². The molecule has 7 heteroatoms. The van der Waals surface area contributed by atoms with E-state index in [-0.39, 0.29) is 28.7 Å². The minimum Gasteiger partial charge on any atom is -0.343 e. The molecule has 0 aromatic heterocycles. The molecule has 2 N–H and O–H groups in total. The van der Waals surface area contributed by atoms with Crippen LogP contribution in [0.1, 0.15) is 58.0 Å². The maximum absolute atomic E-state index is 12.9. The highest BCUT2D eigenvalue weighted by molar-refractivity contribution is 7.89. The lowest BCUT2D eigenvalue weighted by atomic mass is 9.71. The van der Waals surface area contributed by atoms with Crippen molar-refractivity contribution in [1.82, 2.24) is 10.0 Å². The standard InChI is InChI=1S/C26H26N2O4S/c1-19(29)21-12-14-24(15-13-21)33(31,32)27-18-20-8-10-22(11-9-20)25(30)28-26(16-5-17-26)23-6-3-2-4-7-23/h2-4,6-15,27H,5,16-18H2,1H3,(H,28,30). The van der Waals surface area contributed by atoms with Crippen LogP contribution in [-0.4, -0.2) is 20.1 Å². The van der Waals surface area contributed by atoms with E-state index in [0.29, 0.717) is 11.1 Å². The normalized spacial score (nSPS) is 14.8. The van der Waals surface area contributed by atoms with Crippen molar-refractivity contribution < 1.29 is 18.0 Å². The van der Waals surface area contributed by atoms with Gasteiger partial charge in [0, 0.05) is 17.7 Å². The molecular formula is C26H26N2O4S. The SMILES string of the molecule is CC(=O)c1ccc(S(=O)(=O)NCc2ccc(C(=O)NC3(c4ccccc4)CCC3)cc2)cc1. The monoisotopic (exact) mass is 462 g/mol. The predicted octanol–water partition coefficient (Wildman–Crippen LogP) is 4.18. The van der Waals surface area contributed by atoms with E-state index in [2.05, 4.69) is 10.0 Å². The molecule has 3 aromatic carbocycles. The lowest BCUT2D eigenvalue weighted by Crippen LogP contribution is -2.50. The molecule has 0 aliphatic heterocycles. The highest BCUT2D eigenvalue weighted by Gasteiger charge is 2.40. The van der Waals surface area contributed by atoms with Gasteiger partial charge in [0.1, 0.15) is 0 Å². The summed E-state index contributed by atoms with van der Waals surface area (Å²) in [6, 6.07) is 22.7. The Balaban J connectivity index is 1.39. The van der Waals surface area contributed by atoms with Crippen molar-refractivity contribution in [3.63, 3.8) is 0 Å². The van der Waals surface area contributed by atoms with Gasteiger partial charge in [-0.25, -0.2) is 13.1 Å². The van der Waals surface area contributed by atoms with Crippen molar-refractivity contribution >= 4 is 21.7 Å². The van der Waals surface area contributed by atoms with Crippen LogP contribution in [0.15, 0.2) is 83.8 Å². The number of hydrogen-bond acceptors (Lipinski definition) is 4. The minimum atomic E-state index is -3.72. The Labute approximate surface area is 194 Å². The van der Waals surface area contributed by atoms with E-state index < -0.39 is 10.0 Å². The maximum Gasteiger partial charge on any atom is 0.251 e. The Morgan fingerprint density at radius 3 is 2.00 bits per heavy atom. The Morgan fingerprint density at radius 2 is 1.45 bits per heavy atom. The summed E-state index contributed by atoms with van der Waals surface area (Å²) in [5.74, 6) is -0.265. The number of rotatable bonds is 8. The van der Waals surface area contributed by atoms with Crippen LogP contribution in [0.4, 0.5) is 0 Å². The number of amides is 1. The zero-order valence-electron chi connectivity index (χ0n) is 18.4. The van der Waals surface area contributed by atoms with Crippen molar-refractivity contribution in [2.24, 2.45) is 0 Å². The topological polar surface area (TPSA) is 92.3 Å². The molecule has 0 heterocycles. The summed E-state index contributed by atoms with van der Waals surface area (Å²) in [6.45, 7) is 1.52. The van der Waals surface area contributed by atoms with Gasteiger partial charge in [0.15, 0.2) is 5.78 Å². The fraction of sp³-hybridized carbons (Fsp3) is 0.231. The van der Waals surface area contributed by atoms with E-state index in [1.807, 2.05) is 30.3 Å². The van der Waals surface area contributed by atoms with E-state index >= 15 is 0 Å². The summed E-state index contributed by atoms with van der Waals surface area (Å²) >= 11 is 0. The minimum absolute atomic E-state index is 0.0899. The van der Waals surface area contributed by atoms with Gasteiger partial charge in [-0.05, 0) is 61.6 Å². The van der Waals surface area contributed by atoms with Gasteiger partial charge in [-0.15, -0.1) is 0 Å². The third-order valence-corrected chi connectivity index (χ3v) is 7.56. The highest BCUT2D eigenvalue weighted by atomic mass is 32.2. The van der Waals surface area contributed by atoms with E-state index in [1.165, 1.54) is 31.2 Å². The number of benzene rings is 3. The van der Waals surface area contributed by atoms with Gasteiger partial charge in [-0.2, -0.15) is 0 Å². The molecule has 6 nitrogen and oxygen atoms in total. The molecule has 0 atom stereocenters. The number of carbonyl (C=O) groups excluding carboxylic acids is 2. The molecule has 1 aliphatic carbocycles. The first-order chi connectivity index (χ1) is 15.8. The third kappa shape index (κ3) is 5.05. The predicted molar refractivity (Wildman–Crippen MR) is 126 cm³/mol. The Hall–Kier alpha value is -3.29. The molecule has 1 aliphatic rings. The van der Waals surface area contributed by atoms with Crippen molar-refractivity contribution in [2.45, 2.75) is 43.2 Å². The number of nitrogens with one attached hydrogen (secondary N) is 2. The Bertz CT molecular complexity index is 1250. The molecule has 1 amide bonds. The summed E-state index contributed by atoms with van der Waals surface area (Å²) in [5, 5.41) is 3.20. The van der Waals surface area contributed by atoms with Gasteiger partial charge in [0.05, 0.1) is 10.4 Å². The highest BCUT2D eigenvalue weighted by Crippen LogP contribution is 2.41. The van der Waals surface area contributed by atoms with Crippen LogP contribution < -0.4 is 10.0 Å². The molecule has 0 bridgehead atoms. The van der Waals surface area contributed by atoms with Crippen LogP contribution >= 0.6 is 0 Å². The number of sulfonamides is 1. The smallest absolute Gasteiger partial charge is 0.251 e. The second kappa shape index (κ2) is 9.29. The zero-order chi connectivity index (χ0) is 23.5. The van der Waals surface area contributed by atoms with Crippen LogP contribution in [-0.2, 0) is 22.1 Å². The van der Waals surface area contributed by atoms with Crippen LogP contribution in [0.25, 0.3) is 0 Å². The maximum atomic E-state index is 12.9. The molecule has 3 aromatic rings. The van der Waals surface area contributed by atoms with Gasteiger partial charge in [-0.3, -0.25) is 9.59 Å². The molecule has 170 valence electrons. The fourth-order valence-electron chi connectivity index (χ4n) is 3.97. The number of ketones is 1. The molecule has 0 unspecified atom stereocenters. The number of hydrogen-bond donors (Lipinski definition) is 2. The summed E-state index contributed by atoms with van der Waals surface area (Å²) in [4.78, 5) is 24.3. The molecule has 0 radical (unpaired) electrons. The second-order valence-corrected chi connectivity index (χ2v) is 10.1. The van der Waals surface area contributed by atoms with E-state index in [1.54, 1.807) is 24.3 Å². The summed E-state index contributed by atoms with van der Waals surface area (Å²) < 4.78 is 27.6. The van der Waals surface area contributed by atoms with Crippen molar-refractivity contribution in [3.05, 3.63) is 101 Å². The third-order valence-electron chi connectivity index (χ3n) is 6.14. The fourth-order valence-corrected chi connectivity index (χ4v) is 4.99. The van der Waals surface area contributed by atoms with Gasteiger partial charge in [0.2, 0.25) is 10.0 Å². The van der Waals surface area contributed by atoms with Gasteiger partial charge in [0.25, 0.3) is 5.91 Å².